The average molecular weight is 303 g/mol. The van der Waals surface area contributed by atoms with E-state index in [1.165, 1.54) is 0 Å². The van der Waals surface area contributed by atoms with Crippen LogP contribution in [0.25, 0.3) is 11.0 Å². The Labute approximate surface area is 131 Å². The molecule has 2 aromatic rings. The Hall–Kier alpha value is -2.01. The topological polar surface area (TPSA) is 58.8 Å². The molecular weight excluding hydrogens is 278 g/mol. The van der Waals surface area contributed by atoms with Crippen LogP contribution in [0.1, 0.15) is 19.6 Å². The minimum Gasteiger partial charge on any atom is -0.461 e. The van der Waals surface area contributed by atoms with Crippen LogP contribution in [0.3, 0.4) is 0 Å². The number of benzene rings is 1. The van der Waals surface area contributed by atoms with Crippen molar-refractivity contribution < 1.29 is 9.15 Å². The van der Waals surface area contributed by atoms with E-state index < -0.39 is 0 Å². The van der Waals surface area contributed by atoms with Crippen molar-refractivity contribution in [2.75, 3.05) is 27.2 Å². The predicted octanol–water partition coefficient (Wildman–Crippen LogP) is 2.57. The van der Waals surface area contributed by atoms with Gasteiger partial charge >= 0.3 is 0 Å². The molecule has 0 aliphatic carbocycles. The first-order valence-electron chi connectivity index (χ1n) is 7.51. The van der Waals surface area contributed by atoms with Crippen LogP contribution in [0.15, 0.2) is 39.7 Å². The maximum absolute atomic E-state index is 5.79. The summed E-state index contributed by atoms with van der Waals surface area (Å²) in [5.41, 5.74) is 0.706. The number of hydrogen-bond donors (Lipinski definition) is 2. The molecule has 22 heavy (non-hydrogen) atoms. The second kappa shape index (κ2) is 7.31. The van der Waals surface area contributed by atoms with Gasteiger partial charge in [-0.3, -0.25) is 4.99 Å². The second-order valence-electron chi connectivity index (χ2n) is 5.82. The molecule has 0 saturated carbocycles. The quantitative estimate of drug-likeness (QED) is 0.636. The first kappa shape index (κ1) is 16.4. The predicted molar refractivity (Wildman–Crippen MR) is 90.4 cm³/mol. The number of methoxy groups -OCH3 is 1. The zero-order valence-electron chi connectivity index (χ0n) is 13.8. The van der Waals surface area contributed by atoms with Crippen molar-refractivity contribution >= 4 is 16.9 Å². The smallest absolute Gasteiger partial charge is 0.191 e. The van der Waals surface area contributed by atoms with Gasteiger partial charge < -0.3 is 19.8 Å². The fourth-order valence-electron chi connectivity index (χ4n) is 2.05. The molecule has 0 aliphatic rings. The molecule has 2 rings (SSSR count). The van der Waals surface area contributed by atoms with Crippen LogP contribution in [0, 0.1) is 0 Å². The van der Waals surface area contributed by atoms with Gasteiger partial charge in [-0.2, -0.15) is 0 Å². The van der Waals surface area contributed by atoms with Gasteiger partial charge in [0.1, 0.15) is 11.3 Å². The SMILES string of the molecule is CN=C(NCCc1cc2ccccc2o1)NCC(C)(C)OC. The number of furan rings is 1. The Balaban J connectivity index is 1.81. The van der Waals surface area contributed by atoms with Crippen LogP contribution in [-0.4, -0.2) is 38.8 Å². The number of aliphatic imine (C=N–C) groups is 1. The third-order valence-corrected chi connectivity index (χ3v) is 3.60. The molecule has 0 fully saturated rings. The fraction of sp³-hybridized carbons (Fsp3) is 0.471. The highest BCUT2D eigenvalue weighted by atomic mass is 16.5. The molecule has 0 unspecified atom stereocenters. The summed E-state index contributed by atoms with van der Waals surface area (Å²) < 4.78 is 11.2. The number of fused-ring (bicyclic) bond motifs is 1. The van der Waals surface area contributed by atoms with E-state index in [9.17, 15) is 0 Å². The highest BCUT2D eigenvalue weighted by molar-refractivity contribution is 5.80. The van der Waals surface area contributed by atoms with Gasteiger partial charge in [-0.05, 0) is 26.0 Å². The molecule has 0 amide bonds. The van der Waals surface area contributed by atoms with Gasteiger partial charge in [-0.1, -0.05) is 18.2 Å². The summed E-state index contributed by atoms with van der Waals surface area (Å²) in [5, 5.41) is 7.68. The maximum Gasteiger partial charge on any atom is 0.191 e. The van der Waals surface area contributed by atoms with E-state index in [2.05, 4.69) is 27.8 Å². The number of nitrogens with zero attached hydrogens (tertiary/aromatic N) is 1. The molecule has 120 valence electrons. The van der Waals surface area contributed by atoms with E-state index >= 15 is 0 Å². The summed E-state index contributed by atoms with van der Waals surface area (Å²) in [4.78, 5) is 4.21. The monoisotopic (exact) mass is 303 g/mol. The van der Waals surface area contributed by atoms with Crippen LogP contribution >= 0.6 is 0 Å². The van der Waals surface area contributed by atoms with Crippen molar-refractivity contribution in [1.82, 2.24) is 10.6 Å². The average Bonchev–Trinajstić information content (AvgIpc) is 2.93. The van der Waals surface area contributed by atoms with Crippen molar-refractivity contribution in [3.05, 3.63) is 36.1 Å². The highest BCUT2D eigenvalue weighted by Crippen LogP contribution is 2.18. The first-order valence-corrected chi connectivity index (χ1v) is 7.51. The van der Waals surface area contributed by atoms with Crippen LogP contribution in [0.2, 0.25) is 0 Å². The Bertz CT molecular complexity index is 599. The summed E-state index contributed by atoms with van der Waals surface area (Å²) in [6.45, 7) is 5.50. The number of nitrogens with one attached hydrogen (secondary N) is 2. The number of guanidine groups is 1. The summed E-state index contributed by atoms with van der Waals surface area (Å²) in [7, 11) is 3.47. The molecule has 0 radical (unpaired) electrons. The lowest BCUT2D eigenvalue weighted by Gasteiger charge is -2.24. The molecule has 0 saturated heterocycles. The molecule has 1 heterocycles. The molecule has 0 spiro atoms. The van der Waals surface area contributed by atoms with Gasteiger partial charge in [0.2, 0.25) is 0 Å². The molecule has 1 aromatic carbocycles. The number of ether oxygens (including phenoxy) is 1. The molecule has 0 aliphatic heterocycles. The standard InChI is InChI=1S/C17H25N3O2/c1-17(2,21-4)12-20-16(18-3)19-10-9-14-11-13-7-5-6-8-15(13)22-14/h5-8,11H,9-10,12H2,1-4H3,(H2,18,19,20). The molecule has 1 aromatic heterocycles. The van der Waals surface area contributed by atoms with E-state index in [1.54, 1.807) is 14.2 Å². The van der Waals surface area contributed by atoms with Crippen molar-refractivity contribution in [2.45, 2.75) is 25.9 Å². The van der Waals surface area contributed by atoms with E-state index in [1.807, 2.05) is 32.0 Å². The summed E-state index contributed by atoms with van der Waals surface area (Å²) in [5.74, 6) is 1.74. The van der Waals surface area contributed by atoms with Crippen LogP contribution in [-0.2, 0) is 11.2 Å². The lowest BCUT2D eigenvalue weighted by atomic mass is 10.1. The Kier molecular flexibility index (Phi) is 5.44. The molecule has 5 nitrogen and oxygen atoms in total. The first-order chi connectivity index (χ1) is 10.5. The molecule has 0 atom stereocenters. The lowest BCUT2D eigenvalue weighted by Crippen LogP contribution is -2.45. The number of hydrogen-bond acceptors (Lipinski definition) is 3. The maximum atomic E-state index is 5.79. The van der Waals surface area contributed by atoms with Crippen molar-refractivity contribution in [3.63, 3.8) is 0 Å². The molecular formula is C17H25N3O2. The van der Waals surface area contributed by atoms with Gasteiger partial charge in [-0.15, -0.1) is 0 Å². The Morgan fingerprint density at radius 1 is 1.27 bits per heavy atom. The minimum atomic E-state index is -0.226. The molecule has 5 heteroatoms. The van der Waals surface area contributed by atoms with Gasteiger partial charge in [-0.25, -0.2) is 0 Å². The van der Waals surface area contributed by atoms with E-state index in [0.717, 1.165) is 35.7 Å². The van der Waals surface area contributed by atoms with Crippen molar-refractivity contribution in [2.24, 2.45) is 4.99 Å². The van der Waals surface area contributed by atoms with Crippen LogP contribution in [0.5, 0.6) is 0 Å². The zero-order valence-corrected chi connectivity index (χ0v) is 13.8. The fourth-order valence-corrected chi connectivity index (χ4v) is 2.05. The normalized spacial score (nSPS) is 12.6. The van der Waals surface area contributed by atoms with Gasteiger partial charge in [0, 0.05) is 39.1 Å². The van der Waals surface area contributed by atoms with Crippen molar-refractivity contribution in [1.29, 1.82) is 0 Å². The Morgan fingerprint density at radius 3 is 2.73 bits per heavy atom. The van der Waals surface area contributed by atoms with Crippen LogP contribution < -0.4 is 10.6 Å². The minimum absolute atomic E-state index is 0.226. The second-order valence-corrected chi connectivity index (χ2v) is 5.82. The van der Waals surface area contributed by atoms with E-state index in [-0.39, 0.29) is 5.60 Å². The van der Waals surface area contributed by atoms with Gasteiger partial charge in [0.05, 0.1) is 5.60 Å². The van der Waals surface area contributed by atoms with Gasteiger partial charge in [0.25, 0.3) is 0 Å². The summed E-state index contributed by atoms with van der Waals surface area (Å²) >= 11 is 0. The lowest BCUT2D eigenvalue weighted by molar-refractivity contribution is 0.0268. The number of para-hydroxylation sites is 1. The van der Waals surface area contributed by atoms with E-state index in [0.29, 0.717) is 6.54 Å². The summed E-state index contributed by atoms with van der Waals surface area (Å²) in [6.07, 6.45) is 0.809. The third-order valence-electron chi connectivity index (χ3n) is 3.60. The van der Waals surface area contributed by atoms with E-state index in [4.69, 9.17) is 9.15 Å². The van der Waals surface area contributed by atoms with Gasteiger partial charge in [0.15, 0.2) is 5.96 Å². The highest BCUT2D eigenvalue weighted by Gasteiger charge is 2.16. The third kappa shape index (κ3) is 4.49. The zero-order chi connectivity index (χ0) is 16.0. The molecule has 2 N–H and O–H groups in total. The molecule has 0 bridgehead atoms. The number of rotatable bonds is 6. The summed E-state index contributed by atoms with van der Waals surface area (Å²) in [6, 6.07) is 10.1. The van der Waals surface area contributed by atoms with Crippen LogP contribution in [0.4, 0.5) is 0 Å². The Morgan fingerprint density at radius 2 is 2.05 bits per heavy atom. The largest absolute Gasteiger partial charge is 0.461 e. The van der Waals surface area contributed by atoms with Crippen molar-refractivity contribution in [3.8, 4) is 0 Å².